The molecule has 4 nitrogen and oxygen atoms in total. The highest BCUT2D eigenvalue weighted by Gasteiger charge is 2.19. The standard InChI is InChI=1S/C58H38O4S2/c1-3-33(34-11-7-5-8-12-34)25-39-43-29-45-41-27-37(16-19-49(41)61-52(45)31-51(43)59-47(39)4-2)55-21-23-57(63-55)58-24-22-56(64-58)38-17-20-50-42(28-38)46-30-44-40-26-36(35-13-9-6-10-14-35)15-18-48(40)60-53(44)32-54(46)62-50/h5-32H,3-4H2,1-2H3/b33-25+. The van der Waals surface area contributed by atoms with Crippen LogP contribution >= 0.6 is 22.7 Å². The second-order valence-corrected chi connectivity index (χ2v) is 18.7. The predicted molar refractivity (Wildman–Crippen MR) is 270 cm³/mol. The number of furan rings is 4. The summed E-state index contributed by atoms with van der Waals surface area (Å²) in [6.45, 7) is 4.37. The van der Waals surface area contributed by atoms with Gasteiger partial charge in [0, 0.05) is 81.3 Å². The summed E-state index contributed by atoms with van der Waals surface area (Å²) in [7, 11) is 0. The zero-order chi connectivity index (χ0) is 42.5. The lowest BCUT2D eigenvalue weighted by Gasteiger charge is -2.05. The number of benzene rings is 7. The maximum Gasteiger partial charge on any atom is 0.139 e. The maximum absolute atomic E-state index is 6.46. The second-order valence-electron chi connectivity index (χ2n) is 16.5. The van der Waals surface area contributed by atoms with Gasteiger partial charge in [-0.3, -0.25) is 0 Å². The molecule has 306 valence electrons. The average molecular weight is 863 g/mol. The van der Waals surface area contributed by atoms with Gasteiger partial charge in [0.1, 0.15) is 44.8 Å². The molecule has 0 fully saturated rings. The normalized spacial score (nSPS) is 12.4. The van der Waals surface area contributed by atoms with Gasteiger partial charge < -0.3 is 17.7 Å². The smallest absolute Gasteiger partial charge is 0.139 e. The molecule has 0 amide bonds. The van der Waals surface area contributed by atoms with Gasteiger partial charge in [-0.05, 0) is 131 Å². The molecule has 6 heterocycles. The predicted octanol–water partition coefficient (Wildman–Crippen LogP) is 18.4. The van der Waals surface area contributed by atoms with Crippen molar-refractivity contribution in [3.05, 3.63) is 181 Å². The summed E-state index contributed by atoms with van der Waals surface area (Å²) in [6.07, 6.45) is 4.06. The summed E-state index contributed by atoms with van der Waals surface area (Å²) in [5.74, 6) is 0.996. The van der Waals surface area contributed by atoms with Gasteiger partial charge in [-0.25, -0.2) is 0 Å². The molecule has 0 saturated heterocycles. The van der Waals surface area contributed by atoms with Crippen molar-refractivity contribution in [2.45, 2.75) is 26.7 Å². The fourth-order valence-electron chi connectivity index (χ4n) is 9.49. The van der Waals surface area contributed by atoms with Crippen molar-refractivity contribution in [3.63, 3.8) is 0 Å². The lowest BCUT2D eigenvalue weighted by molar-refractivity contribution is 0.555. The van der Waals surface area contributed by atoms with Crippen molar-refractivity contribution in [1.29, 1.82) is 0 Å². The number of rotatable bonds is 8. The van der Waals surface area contributed by atoms with Crippen LogP contribution in [0.5, 0.6) is 0 Å². The highest BCUT2D eigenvalue weighted by Crippen LogP contribution is 2.45. The van der Waals surface area contributed by atoms with Gasteiger partial charge in [0.15, 0.2) is 0 Å². The van der Waals surface area contributed by atoms with Crippen molar-refractivity contribution in [2.75, 3.05) is 0 Å². The van der Waals surface area contributed by atoms with E-state index in [0.29, 0.717) is 0 Å². The van der Waals surface area contributed by atoms with Crippen LogP contribution in [0.3, 0.4) is 0 Å². The third-order valence-electron chi connectivity index (χ3n) is 12.8. The average Bonchev–Trinajstić information content (AvgIpc) is 4.21. The summed E-state index contributed by atoms with van der Waals surface area (Å²) in [4.78, 5) is 4.93. The molecule has 0 aliphatic heterocycles. The van der Waals surface area contributed by atoms with Gasteiger partial charge >= 0.3 is 0 Å². The number of aryl methyl sites for hydroxylation is 1. The van der Waals surface area contributed by atoms with Crippen LogP contribution in [-0.2, 0) is 6.42 Å². The van der Waals surface area contributed by atoms with Crippen molar-refractivity contribution in [1.82, 2.24) is 0 Å². The highest BCUT2D eigenvalue weighted by atomic mass is 32.1. The van der Waals surface area contributed by atoms with E-state index in [2.05, 4.69) is 172 Å². The topological polar surface area (TPSA) is 52.6 Å². The van der Waals surface area contributed by atoms with E-state index in [4.69, 9.17) is 17.7 Å². The first-order chi connectivity index (χ1) is 31.5. The van der Waals surface area contributed by atoms with E-state index in [1.807, 2.05) is 34.8 Å². The highest BCUT2D eigenvalue weighted by molar-refractivity contribution is 7.25. The number of allylic oxidation sites excluding steroid dienone is 1. The van der Waals surface area contributed by atoms with Crippen molar-refractivity contribution in [2.24, 2.45) is 0 Å². The van der Waals surface area contributed by atoms with E-state index in [9.17, 15) is 0 Å². The first-order valence-electron chi connectivity index (χ1n) is 21.8. The van der Waals surface area contributed by atoms with E-state index < -0.39 is 0 Å². The Morgan fingerprint density at radius 2 is 0.844 bits per heavy atom. The number of hydrogen-bond donors (Lipinski definition) is 0. The quantitative estimate of drug-likeness (QED) is 0.153. The molecule has 0 aliphatic rings. The van der Waals surface area contributed by atoms with Crippen LogP contribution in [0.15, 0.2) is 181 Å². The second kappa shape index (κ2) is 14.6. The van der Waals surface area contributed by atoms with Gasteiger partial charge in [-0.15, -0.1) is 22.7 Å². The Labute approximate surface area is 375 Å². The molecule has 0 bridgehead atoms. The molecule has 0 radical (unpaired) electrons. The summed E-state index contributed by atoms with van der Waals surface area (Å²) < 4.78 is 25.6. The van der Waals surface area contributed by atoms with Crippen LogP contribution < -0.4 is 0 Å². The molecule has 0 atom stereocenters. The van der Waals surface area contributed by atoms with Gasteiger partial charge in [-0.2, -0.15) is 0 Å². The minimum atomic E-state index is 0.812. The largest absolute Gasteiger partial charge is 0.460 e. The number of fused-ring (bicyclic) bond motifs is 10. The van der Waals surface area contributed by atoms with Crippen LogP contribution in [0.1, 0.15) is 37.2 Å². The zero-order valence-electron chi connectivity index (χ0n) is 35.0. The van der Waals surface area contributed by atoms with E-state index in [0.717, 1.165) is 101 Å². The molecule has 7 aromatic carbocycles. The third kappa shape index (κ3) is 6.01. The summed E-state index contributed by atoms with van der Waals surface area (Å²) in [5, 5.41) is 7.71. The molecule has 6 heteroatoms. The van der Waals surface area contributed by atoms with Crippen LogP contribution in [0.4, 0.5) is 0 Å². The van der Waals surface area contributed by atoms with Crippen molar-refractivity contribution >= 4 is 111 Å². The van der Waals surface area contributed by atoms with Gasteiger partial charge in [-0.1, -0.05) is 80.6 Å². The number of hydrogen-bond acceptors (Lipinski definition) is 6. The van der Waals surface area contributed by atoms with Crippen LogP contribution in [0.2, 0.25) is 0 Å². The Bertz CT molecular complexity index is 3980. The molecule has 0 aliphatic carbocycles. The molecule has 0 saturated carbocycles. The molecule has 13 aromatic rings. The van der Waals surface area contributed by atoms with Gasteiger partial charge in [0.2, 0.25) is 0 Å². The fraction of sp³-hybridized carbons (Fsp3) is 0.0690. The molecule has 0 spiro atoms. The maximum atomic E-state index is 6.46. The SMILES string of the molecule is CC/C(=C\c1c(CC)oc2cc3oc4ccc(-c5ccc(-c6ccc(-c7ccc8oc9cc%10oc%11ccc(-c%12ccccc%12)cc%11c%10cc9c8c7)s6)s5)cc4c3cc12)c1ccccc1. The Hall–Kier alpha value is -7.38. The lowest BCUT2D eigenvalue weighted by Crippen LogP contribution is -1.85. The van der Waals surface area contributed by atoms with E-state index in [-0.39, 0.29) is 0 Å². The molecule has 13 rings (SSSR count). The van der Waals surface area contributed by atoms with Crippen LogP contribution in [0, 0.1) is 0 Å². The van der Waals surface area contributed by atoms with Gasteiger partial charge in [0.25, 0.3) is 0 Å². The van der Waals surface area contributed by atoms with E-state index >= 15 is 0 Å². The molecule has 64 heavy (non-hydrogen) atoms. The molecule has 0 N–H and O–H groups in total. The Kier molecular flexibility index (Phi) is 8.48. The first kappa shape index (κ1) is 37.2. The van der Waals surface area contributed by atoms with Gasteiger partial charge in [0.05, 0.1) is 0 Å². The van der Waals surface area contributed by atoms with E-state index in [1.165, 1.54) is 52.9 Å². The third-order valence-corrected chi connectivity index (χ3v) is 15.2. The molecular weight excluding hydrogens is 825 g/mol. The Morgan fingerprint density at radius 3 is 1.38 bits per heavy atom. The molecule has 0 unspecified atom stereocenters. The monoisotopic (exact) mass is 862 g/mol. The minimum Gasteiger partial charge on any atom is -0.460 e. The summed E-state index contributed by atoms with van der Waals surface area (Å²) >= 11 is 3.65. The van der Waals surface area contributed by atoms with Crippen LogP contribution in [-0.4, -0.2) is 0 Å². The molecule has 6 aromatic heterocycles. The summed E-state index contributed by atoms with van der Waals surface area (Å²) in [5.41, 5.74) is 14.4. The van der Waals surface area contributed by atoms with Crippen molar-refractivity contribution < 1.29 is 17.7 Å². The lowest BCUT2D eigenvalue weighted by atomic mass is 9.98. The zero-order valence-corrected chi connectivity index (χ0v) is 36.7. The fourth-order valence-corrected chi connectivity index (χ4v) is 11.6. The Balaban J connectivity index is 0.828. The number of thiophene rings is 2. The Morgan fingerprint density at radius 1 is 0.391 bits per heavy atom. The minimum absolute atomic E-state index is 0.812. The molecular formula is C58H38O4S2. The van der Waals surface area contributed by atoms with Crippen molar-refractivity contribution in [3.8, 4) is 41.8 Å². The first-order valence-corrected chi connectivity index (χ1v) is 23.4. The summed E-state index contributed by atoms with van der Waals surface area (Å²) in [6, 6.07) is 58.3. The van der Waals surface area contributed by atoms with E-state index in [1.54, 1.807) is 0 Å². The van der Waals surface area contributed by atoms with Crippen LogP contribution in [0.25, 0.3) is 130 Å².